The predicted molar refractivity (Wildman–Crippen MR) is 63.6 cm³/mol. The van der Waals surface area contributed by atoms with E-state index in [1.54, 1.807) is 24.3 Å². The molecule has 0 spiro atoms. The topological polar surface area (TPSA) is 80.9 Å². The lowest BCUT2D eigenvalue weighted by Crippen LogP contribution is -2.14. The third-order valence-corrected chi connectivity index (χ3v) is 2.52. The minimum absolute atomic E-state index is 0.154. The van der Waals surface area contributed by atoms with Crippen LogP contribution in [0, 0.1) is 0 Å². The summed E-state index contributed by atoms with van der Waals surface area (Å²) in [7, 11) is 0. The molecule has 1 aliphatic carbocycles. The Bertz CT molecular complexity index is 526. The van der Waals surface area contributed by atoms with Crippen LogP contribution in [0.15, 0.2) is 47.8 Å². The molecule has 0 aromatic heterocycles. The average molecular weight is 232 g/mol. The highest BCUT2D eigenvalue weighted by Crippen LogP contribution is 2.31. The number of hydrogen-bond donors (Lipinski definition) is 4. The van der Waals surface area contributed by atoms with Gasteiger partial charge in [-0.15, -0.1) is 0 Å². The molecule has 17 heavy (non-hydrogen) atoms. The first-order valence-electron chi connectivity index (χ1n) is 5.07. The molecule has 0 bridgehead atoms. The fourth-order valence-electron chi connectivity index (χ4n) is 1.58. The van der Waals surface area contributed by atoms with E-state index < -0.39 is 6.10 Å². The zero-order valence-corrected chi connectivity index (χ0v) is 8.91. The van der Waals surface area contributed by atoms with E-state index in [2.05, 4.69) is 0 Å². The van der Waals surface area contributed by atoms with Crippen LogP contribution in [0.5, 0.6) is 11.5 Å². The maximum Gasteiger partial charge on any atom is 0.164 e. The molecule has 1 aromatic carbocycles. The van der Waals surface area contributed by atoms with Crippen LogP contribution in [-0.4, -0.2) is 26.5 Å². The summed E-state index contributed by atoms with van der Waals surface area (Å²) < 4.78 is 0. The van der Waals surface area contributed by atoms with Crippen molar-refractivity contribution in [2.24, 2.45) is 0 Å². The summed E-state index contributed by atoms with van der Waals surface area (Å²) in [5, 5.41) is 38.0. The highest BCUT2D eigenvalue weighted by molar-refractivity contribution is 5.66. The molecule has 0 radical (unpaired) electrons. The molecule has 4 heteroatoms. The Morgan fingerprint density at radius 3 is 2.65 bits per heavy atom. The van der Waals surface area contributed by atoms with E-state index in [0.29, 0.717) is 11.1 Å². The third kappa shape index (κ3) is 2.16. The van der Waals surface area contributed by atoms with Crippen molar-refractivity contribution in [2.45, 2.75) is 6.10 Å². The Labute approximate surface area is 98.1 Å². The summed E-state index contributed by atoms with van der Waals surface area (Å²) in [6, 6.07) is 4.54. The normalized spacial score (nSPS) is 21.6. The van der Waals surface area contributed by atoms with E-state index in [0.717, 1.165) is 0 Å². The second-order valence-corrected chi connectivity index (χ2v) is 3.71. The quantitative estimate of drug-likeness (QED) is 0.557. The average Bonchev–Trinajstić information content (AvgIpc) is 2.31. The number of para-hydroxylation sites is 1. The summed E-state index contributed by atoms with van der Waals surface area (Å²) in [6.07, 6.45) is 4.99. The summed E-state index contributed by atoms with van der Waals surface area (Å²) in [4.78, 5) is 0. The van der Waals surface area contributed by atoms with E-state index in [1.165, 1.54) is 18.2 Å². The largest absolute Gasteiger partial charge is 0.509 e. The summed E-state index contributed by atoms with van der Waals surface area (Å²) in [5.41, 5.74) is 0.810. The van der Waals surface area contributed by atoms with Gasteiger partial charge in [-0.25, -0.2) is 0 Å². The van der Waals surface area contributed by atoms with Gasteiger partial charge in [-0.1, -0.05) is 24.3 Å². The SMILES string of the molecule is OC1=CC=CC(=Cc2cccc(O)c2O)C1O. The lowest BCUT2D eigenvalue weighted by Gasteiger charge is -2.14. The number of allylic oxidation sites excluding steroid dienone is 2. The van der Waals surface area contributed by atoms with Crippen LogP contribution in [0.2, 0.25) is 0 Å². The van der Waals surface area contributed by atoms with E-state index in [-0.39, 0.29) is 17.3 Å². The second kappa shape index (κ2) is 4.35. The van der Waals surface area contributed by atoms with Gasteiger partial charge in [0.05, 0.1) is 0 Å². The zero-order chi connectivity index (χ0) is 12.4. The molecule has 4 nitrogen and oxygen atoms in total. The molecule has 2 rings (SSSR count). The van der Waals surface area contributed by atoms with Crippen molar-refractivity contribution < 1.29 is 20.4 Å². The molecule has 0 heterocycles. The Kier molecular flexibility index (Phi) is 2.89. The zero-order valence-electron chi connectivity index (χ0n) is 8.91. The van der Waals surface area contributed by atoms with Gasteiger partial charge in [0.1, 0.15) is 11.9 Å². The van der Waals surface area contributed by atoms with Gasteiger partial charge in [-0.05, 0) is 23.8 Å². The van der Waals surface area contributed by atoms with Crippen molar-refractivity contribution >= 4 is 6.08 Å². The Balaban J connectivity index is 2.41. The smallest absolute Gasteiger partial charge is 0.164 e. The highest BCUT2D eigenvalue weighted by atomic mass is 16.3. The molecular weight excluding hydrogens is 220 g/mol. The number of aliphatic hydroxyl groups is 2. The van der Waals surface area contributed by atoms with E-state index in [1.807, 2.05) is 0 Å². The van der Waals surface area contributed by atoms with Crippen molar-refractivity contribution in [3.63, 3.8) is 0 Å². The highest BCUT2D eigenvalue weighted by Gasteiger charge is 2.16. The first-order chi connectivity index (χ1) is 8.09. The molecule has 0 saturated carbocycles. The predicted octanol–water partition coefficient (Wildman–Crippen LogP) is 1.85. The fraction of sp³-hybridized carbons (Fsp3) is 0.0769. The molecule has 0 fully saturated rings. The number of rotatable bonds is 1. The van der Waals surface area contributed by atoms with Crippen molar-refractivity contribution in [3.8, 4) is 11.5 Å². The van der Waals surface area contributed by atoms with Crippen molar-refractivity contribution in [1.29, 1.82) is 0 Å². The van der Waals surface area contributed by atoms with Crippen LogP contribution in [0.1, 0.15) is 5.56 Å². The van der Waals surface area contributed by atoms with Gasteiger partial charge < -0.3 is 20.4 Å². The lowest BCUT2D eigenvalue weighted by molar-refractivity contribution is 0.185. The Morgan fingerprint density at radius 1 is 1.12 bits per heavy atom. The van der Waals surface area contributed by atoms with Gasteiger partial charge in [0, 0.05) is 5.56 Å². The van der Waals surface area contributed by atoms with Gasteiger partial charge in [0.25, 0.3) is 0 Å². The lowest BCUT2D eigenvalue weighted by atomic mass is 10.00. The number of hydrogen-bond acceptors (Lipinski definition) is 4. The number of aliphatic hydroxyl groups excluding tert-OH is 2. The number of aromatic hydroxyl groups is 2. The molecule has 0 amide bonds. The molecule has 0 aliphatic heterocycles. The van der Waals surface area contributed by atoms with Crippen LogP contribution >= 0.6 is 0 Å². The first-order valence-corrected chi connectivity index (χ1v) is 5.07. The van der Waals surface area contributed by atoms with Crippen molar-refractivity contribution in [3.05, 3.63) is 53.3 Å². The Hall–Kier alpha value is -2.20. The number of phenols is 2. The van der Waals surface area contributed by atoms with Crippen LogP contribution in [-0.2, 0) is 0 Å². The molecular formula is C13H12O4. The number of benzene rings is 1. The van der Waals surface area contributed by atoms with Gasteiger partial charge in [0.15, 0.2) is 11.5 Å². The van der Waals surface area contributed by atoms with Crippen molar-refractivity contribution in [2.75, 3.05) is 0 Å². The van der Waals surface area contributed by atoms with Gasteiger partial charge in [0.2, 0.25) is 0 Å². The molecule has 1 aromatic rings. The van der Waals surface area contributed by atoms with Gasteiger partial charge in [-0.2, -0.15) is 0 Å². The second-order valence-electron chi connectivity index (χ2n) is 3.71. The minimum Gasteiger partial charge on any atom is -0.509 e. The van der Waals surface area contributed by atoms with Gasteiger partial charge >= 0.3 is 0 Å². The minimum atomic E-state index is -1.11. The summed E-state index contributed by atoms with van der Waals surface area (Å²) >= 11 is 0. The van der Waals surface area contributed by atoms with E-state index >= 15 is 0 Å². The maximum atomic E-state index is 9.68. The van der Waals surface area contributed by atoms with E-state index in [4.69, 9.17) is 0 Å². The monoisotopic (exact) mass is 232 g/mol. The van der Waals surface area contributed by atoms with Crippen LogP contribution < -0.4 is 0 Å². The van der Waals surface area contributed by atoms with Gasteiger partial charge in [-0.3, -0.25) is 0 Å². The maximum absolute atomic E-state index is 9.68. The molecule has 4 N–H and O–H groups in total. The first kappa shape index (κ1) is 11.3. The van der Waals surface area contributed by atoms with E-state index in [9.17, 15) is 20.4 Å². The molecule has 1 atom stereocenters. The Morgan fingerprint density at radius 2 is 1.88 bits per heavy atom. The molecule has 1 unspecified atom stereocenters. The van der Waals surface area contributed by atoms with Crippen LogP contribution in [0.25, 0.3) is 6.08 Å². The number of phenolic OH excluding ortho intramolecular Hbond substituents is 2. The van der Waals surface area contributed by atoms with Crippen molar-refractivity contribution in [1.82, 2.24) is 0 Å². The fourth-order valence-corrected chi connectivity index (χ4v) is 1.58. The third-order valence-electron chi connectivity index (χ3n) is 2.52. The van der Waals surface area contributed by atoms with Crippen LogP contribution in [0.4, 0.5) is 0 Å². The molecule has 0 saturated heterocycles. The molecule has 88 valence electrons. The van der Waals surface area contributed by atoms with Crippen LogP contribution in [0.3, 0.4) is 0 Å². The summed E-state index contributed by atoms with van der Waals surface area (Å²) in [5.74, 6) is -0.638. The standard InChI is InChI=1S/C13H12O4/c14-10-5-1-3-8(12(10)16)7-9-4-2-6-11(15)13(9)17/h1-7,12,14-17H. The molecule has 1 aliphatic rings. The summed E-state index contributed by atoms with van der Waals surface area (Å²) in [6.45, 7) is 0.